The van der Waals surface area contributed by atoms with Crippen LogP contribution in [0.1, 0.15) is 39.5 Å². The number of nitrogens with zero attached hydrogens (tertiary/aromatic N) is 1. The molecule has 0 unspecified atom stereocenters. The molecule has 2 nitrogen and oxygen atoms in total. The SMILES string of the molecule is C=C(CNC(C)C)CN(CC1CC1)CC1CC1. The van der Waals surface area contributed by atoms with E-state index < -0.39 is 0 Å². The predicted molar refractivity (Wildman–Crippen MR) is 74.2 cm³/mol. The average molecular weight is 236 g/mol. The molecule has 0 aliphatic heterocycles. The first-order valence-corrected chi connectivity index (χ1v) is 7.26. The lowest BCUT2D eigenvalue weighted by molar-refractivity contribution is 0.271. The van der Waals surface area contributed by atoms with Crippen molar-refractivity contribution in [3.05, 3.63) is 12.2 Å². The van der Waals surface area contributed by atoms with Crippen LogP contribution in [0.2, 0.25) is 0 Å². The van der Waals surface area contributed by atoms with Gasteiger partial charge in [0.25, 0.3) is 0 Å². The standard InChI is InChI=1S/C15H28N2/c1-12(2)16-8-13(3)9-17(10-14-4-5-14)11-15-6-7-15/h12,14-16H,3-11H2,1-2H3. The summed E-state index contributed by atoms with van der Waals surface area (Å²) in [5.41, 5.74) is 1.35. The van der Waals surface area contributed by atoms with Gasteiger partial charge in [0.2, 0.25) is 0 Å². The highest BCUT2D eigenvalue weighted by molar-refractivity contribution is 5.01. The first kappa shape index (κ1) is 13.1. The van der Waals surface area contributed by atoms with E-state index in [1.807, 2.05) is 0 Å². The zero-order chi connectivity index (χ0) is 12.3. The van der Waals surface area contributed by atoms with Gasteiger partial charge in [0, 0.05) is 32.2 Å². The van der Waals surface area contributed by atoms with E-state index >= 15 is 0 Å². The normalized spacial score (nSPS) is 20.2. The largest absolute Gasteiger partial charge is 0.311 e. The molecule has 17 heavy (non-hydrogen) atoms. The molecule has 0 aromatic carbocycles. The maximum absolute atomic E-state index is 4.22. The molecule has 1 N–H and O–H groups in total. The first-order valence-electron chi connectivity index (χ1n) is 7.26. The molecule has 2 saturated carbocycles. The highest BCUT2D eigenvalue weighted by atomic mass is 15.1. The fourth-order valence-corrected chi connectivity index (χ4v) is 2.26. The molecule has 2 fully saturated rings. The highest BCUT2D eigenvalue weighted by Gasteiger charge is 2.29. The summed E-state index contributed by atoms with van der Waals surface area (Å²) in [4.78, 5) is 2.65. The summed E-state index contributed by atoms with van der Waals surface area (Å²) in [7, 11) is 0. The molecule has 0 aromatic rings. The van der Waals surface area contributed by atoms with Crippen LogP contribution in [0.25, 0.3) is 0 Å². The molecule has 0 aromatic heterocycles. The van der Waals surface area contributed by atoms with Gasteiger partial charge in [0.1, 0.15) is 0 Å². The van der Waals surface area contributed by atoms with Crippen LogP contribution in [0.15, 0.2) is 12.2 Å². The molecule has 2 heteroatoms. The predicted octanol–water partition coefficient (Wildman–Crippen LogP) is 2.66. The second kappa shape index (κ2) is 6.01. The van der Waals surface area contributed by atoms with Crippen molar-refractivity contribution in [2.24, 2.45) is 11.8 Å². The van der Waals surface area contributed by atoms with Crippen molar-refractivity contribution in [3.63, 3.8) is 0 Å². The van der Waals surface area contributed by atoms with Gasteiger partial charge in [-0.2, -0.15) is 0 Å². The molecule has 0 spiro atoms. The van der Waals surface area contributed by atoms with Gasteiger partial charge in [-0.1, -0.05) is 20.4 Å². The topological polar surface area (TPSA) is 15.3 Å². The lowest BCUT2D eigenvalue weighted by atomic mass is 10.2. The Morgan fingerprint density at radius 1 is 1.18 bits per heavy atom. The zero-order valence-corrected chi connectivity index (χ0v) is 11.5. The van der Waals surface area contributed by atoms with Gasteiger partial charge in [-0.05, 0) is 43.1 Å². The summed E-state index contributed by atoms with van der Waals surface area (Å²) in [5.74, 6) is 2.00. The van der Waals surface area contributed by atoms with Crippen molar-refractivity contribution in [2.45, 2.75) is 45.6 Å². The van der Waals surface area contributed by atoms with Gasteiger partial charge in [0.15, 0.2) is 0 Å². The summed E-state index contributed by atoms with van der Waals surface area (Å²) in [6, 6.07) is 0.562. The van der Waals surface area contributed by atoms with E-state index in [-0.39, 0.29) is 0 Å². The lowest BCUT2D eigenvalue weighted by Crippen LogP contribution is -2.34. The van der Waals surface area contributed by atoms with Crippen molar-refractivity contribution in [1.29, 1.82) is 0 Å². The Balaban J connectivity index is 1.68. The molecule has 0 heterocycles. The Labute approximate surface area is 106 Å². The molecule has 0 amide bonds. The van der Waals surface area contributed by atoms with Crippen LogP contribution >= 0.6 is 0 Å². The Morgan fingerprint density at radius 3 is 2.12 bits per heavy atom. The highest BCUT2D eigenvalue weighted by Crippen LogP contribution is 2.33. The minimum atomic E-state index is 0.562. The molecule has 2 aliphatic rings. The summed E-state index contributed by atoms with van der Waals surface area (Å²) < 4.78 is 0. The zero-order valence-electron chi connectivity index (χ0n) is 11.5. The van der Waals surface area contributed by atoms with Crippen LogP contribution in [-0.2, 0) is 0 Å². The number of nitrogens with one attached hydrogen (secondary N) is 1. The molecule has 0 atom stereocenters. The molecule has 0 bridgehead atoms. The molecular formula is C15H28N2. The van der Waals surface area contributed by atoms with Crippen molar-refractivity contribution >= 4 is 0 Å². The second-order valence-electron chi connectivity index (χ2n) is 6.37. The second-order valence-corrected chi connectivity index (χ2v) is 6.37. The fraction of sp³-hybridized carbons (Fsp3) is 0.867. The quantitative estimate of drug-likeness (QED) is 0.619. The van der Waals surface area contributed by atoms with Gasteiger partial charge in [-0.15, -0.1) is 0 Å². The van der Waals surface area contributed by atoms with E-state index in [2.05, 4.69) is 30.6 Å². The Morgan fingerprint density at radius 2 is 1.71 bits per heavy atom. The molecule has 98 valence electrons. The molecule has 2 aliphatic carbocycles. The maximum Gasteiger partial charge on any atom is 0.0203 e. The molecule has 0 saturated heterocycles. The van der Waals surface area contributed by atoms with Gasteiger partial charge in [-0.3, -0.25) is 4.90 Å². The number of hydrogen-bond donors (Lipinski definition) is 1. The lowest BCUT2D eigenvalue weighted by Gasteiger charge is -2.23. The van der Waals surface area contributed by atoms with Gasteiger partial charge >= 0.3 is 0 Å². The maximum atomic E-state index is 4.22. The van der Waals surface area contributed by atoms with Crippen molar-refractivity contribution < 1.29 is 0 Å². The van der Waals surface area contributed by atoms with E-state index in [4.69, 9.17) is 0 Å². The minimum absolute atomic E-state index is 0.562. The van der Waals surface area contributed by atoms with Gasteiger partial charge in [0.05, 0.1) is 0 Å². The van der Waals surface area contributed by atoms with Crippen molar-refractivity contribution in [1.82, 2.24) is 10.2 Å². The summed E-state index contributed by atoms with van der Waals surface area (Å²) >= 11 is 0. The van der Waals surface area contributed by atoms with Crippen LogP contribution in [0.3, 0.4) is 0 Å². The number of hydrogen-bond acceptors (Lipinski definition) is 2. The molecular weight excluding hydrogens is 208 g/mol. The summed E-state index contributed by atoms with van der Waals surface area (Å²) in [6.07, 6.45) is 5.82. The van der Waals surface area contributed by atoms with E-state index in [0.717, 1.165) is 24.9 Å². The molecule has 0 radical (unpaired) electrons. The fourth-order valence-electron chi connectivity index (χ4n) is 2.26. The molecule has 2 rings (SSSR count). The van der Waals surface area contributed by atoms with Crippen LogP contribution in [-0.4, -0.2) is 37.1 Å². The monoisotopic (exact) mass is 236 g/mol. The minimum Gasteiger partial charge on any atom is -0.311 e. The van der Waals surface area contributed by atoms with Gasteiger partial charge < -0.3 is 5.32 Å². The van der Waals surface area contributed by atoms with E-state index in [0.29, 0.717) is 6.04 Å². The number of rotatable bonds is 9. The summed E-state index contributed by atoms with van der Waals surface area (Å²) in [5, 5.41) is 3.46. The van der Waals surface area contributed by atoms with E-state index in [9.17, 15) is 0 Å². The van der Waals surface area contributed by atoms with Crippen LogP contribution in [0.4, 0.5) is 0 Å². The third kappa shape index (κ3) is 5.69. The Bertz CT molecular complexity index is 238. The van der Waals surface area contributed by atoms with E-state index in [1.54, 1.807) is 0 Å². The smallest absolute Gasteiger partial charge is 0.0203 e. The Kier molecular flexibility index (Phi) is 4.63. The van der Waals surface area contributed by atoms with E-state index in [1.165, 1.54) is 44.3 Å². The summed E-state index contributed by atoms with van der Waals surface area (Å²) in [6.45, 7) is 13.3. The Hall–Kier alpha value is -0.340. The van der Waals surface area contributed by atoms with Crippen LogP contribution in [0, 0.1) is 11.8 Å². The van der Waals surface area contributed by atoms with Crippen LogP contribution in [0.5, 0.6) is 0 Å². The third-order valence-corrected chi connectivity index (χ3v) is 3.63. The van der Waals surface area contributed by atoms with Gasteiger partial charge in [-0.25, -0.2) is 0 Å². The third-order valence-electron chi connectivity index (χ3n) is 3.63. The average Bonchev–Trinajstić information content (AvgIpc) is 3.10. The van der Waals surface area contributed by atoms with Crippen LogP contribution < -0.4 is 5.32 Å². The van der Waals surface area contributed by atoms with Crippen molar-refractivity contribution in [2.75, 3.05) is 26.2 Å². The van der Waals surface area contributed by atoms with Crippen molar-refractivity contribution in [3.8, 4) is 0 Å². The first-order chi connectivity index (χ1) is 8.13.